The minimum absolute atomic E-state index is 0.0656. The standard InChI is InChI=1S/C21H33N3O7/c1-21(2)30-19-18(17(15(27)12-25)29-20(19)31-21)28-13-14(26)11-23-7-9-24(10-8-23)16-5-3-4-6-22-16/h3-6,14-15,17-20,25-27H,7-13H2,1-2H3/t14-,15-,17-,18-,19-,20-/m1/s1. The Morgan fingerprint density at radius 1 is 1.19 bits per heavy atom. The van der Waals surface area contributed by atoms with Crippen LogP contribution in [0, 0.1) is 0 Å². The van der Waals surface area contributed by atoms with Gasteiger partial charge in [0.25, 0.3) is 0 Å². The van der Waals surface area contributed by atoms with E-state index in [1.807, 2.05) is 18.2 Å². The molecule has 0 unspecified atom stereocenters. The molecule has 31 heavy (non-hydrogen) atoms. The number of fused-ring (bicyclic) bond motifs is 1. The average Bonchev–Trinajstić information content (AvgIpc) is 3.24. The molecule has 10 nitrogen and oxygen atoms in total. The van der Waals surface area contributed by atoms with E-state index in [4.69, 9.17) is 18.9 Å². The van der Waals surface area contributed by atoms with Crippen LogP contribution in [0.1, 0.15) is 13.8 Å². The maximum absolute atomic E-state index is 10.6. The molecule has 174 valence electrons. The lowest BCUT2D eigenvalue weighted by Crippen LogP contribution is -2.50. The minimum atomic E-state index is -1.12. The first-order valence-electron chi connectivity index (χ1n) is 10.8. The molecular weight excluding hydrogens is 406 g/mol. The Balaban J connectivity index is 1.26. The smallest absolute Gasteiger partial charge is 0.190 e. The van der Waals surface area contributed by atoms with Crippen LogP contribution in [0.3, 0.4) is 0 Å². The highest BCUT2D eigenvalue weighted by atomic mass is 16.8. The molecule has 0 aromatic carbocycles. The second kappa shape index (κ2) is 9.63. The molecule has 1 aromatic heterocycles. The van der Waals surface area contributed by atoms with Crippen molar-refractivity contribution in [3.05, 3.63) is 24.4 Å². The van der Waals surface area contributed by atoms with Gasteiger partial charge in [-0.25, -0.2) is 4.98 Å². The van der Waals surface area contributed by atoms with E-state index in [1.54, 1.807) is 20.0 Å². The van der Waals surface area contributed by atoms with Crippen molar-refractivity contribution in [1.82, 2.24) is 9.88 Å². The Labute approximate surface area is 182 Å². The summed E-state index contributed by atoms with van der Waals surface area (Å²) in [4.78, 5) is 8.82. The fourth-order valence-electron chi connectivity index (χ4n) is 4.38. The molecule has 3 aliphatic heterocycles. The van der Waals surface area contributed by atoms with E-state index in [9.17, 15) is 15.3 Å². The normalized spacial score (nSPS) is 32.7. The van der Waals surface area contributed by atoms with E-state index in [0.29, 0.717) is 6.54 Å². The summed E-state index contributed by atoms with van der Waals surface area (Å²) >= 11 is 0. The summed E-state index contributed by atoms with van der Waals surface area (Å²) in [7, 11) is 0. The van der Waals surface area contributed by atoms with Crippen LogP contribution in [0.5, 0.6) is 0 Å². The summed E-state index contributed by atoms with van der Waals surface area (Å²) in [6.45, 7) is 6.97. The van der Waals surface area contributed by atoms with Crippen LogP contribution >= 0.6 is 0 Å². The van der Waals surface area contributed by atoms with Gasteiger partial charge in [-0.15, -0.1) is 0 Å². The van der Waals surface area contributed by atoms with E-state index in [2.05, 4.69) is 14.8 Å². The highest BCUT2D eigenvalue weighted by Gasteiger charge is 2.57. The van der Waals surface area contributed by atoms with E-state index in [0.717, 1.165) is 32.0 Å². The van der Waals surface area contributed by atoms with Gasteiger partial charge in [0.05, 0.1) is 19.3 Å². The predicted octanol–water partition coefficient (Wildman–Crippen LogP) is -0.821. The highest BCUT2D eigenvalue weighted by Crippen LogP contribution is 2.39. The molecule has 0 bridgehead atoms. The van der Waals surface area contributed by atoms with Crippen molar-refractivity contribution in [3.8, 4) is 0 Å². The van der Waals surface area contributed by atoms with Gasteiger partial charge < -0.3 is 39.2 Å². The van der Waals surface area contributed by atoms with E-state index < -0.39 is 49.2 Å². The first kappa shape index (κ1) is 22.8. The van der Waals surface area contributed by atoms with Crippen LogP contribution in [-0.2, 0) is 18.9 Å². The van der Waals surface area contributed by atoms with Gasteiger partial charge in [-0.3, -0.25) is 4.90 Å². The van der Waals surface area contributed by atoms with Crippen molar-refractivity contribution in [3.63, 3.8) is 0 Å². The fourth-order valence-corrected chi connectivity index (χ4v) is 4.38. The molecule has 4 rings (SSSR count). The molecule has 3 aliphatic rings. The molecule has 4 heterocycles. The van der Waals surface area contributed by atoms with Crippen molar-refractivity contribution < 1.29 is 34.3 Å². The first-order chi connectivity index (χ1) is 14.9. The van der Waals surface area contributed by atoms with Gasteiger partial charge >= 0.3 is 0 Å². The van der Waals surface area contributed by atoms with Gasteiger partial charge in [0.15, 0.2) is 12.1 Å². The third-order valence-electron chi connectivity index (χ3n) is 5.89. The van der Waals surface area contributed by atoms with Crippen molar-refractivity contribution in [2.45, 2.75) is 56.4 Å². The summed E-state index contributed by atoms with van der Waals surface area (Å²) < 4.78 is 23.3. The molecule has 0 amide bonds. The number of ether oxygens (including phenoxy) is 4. The number of aliphatic hydroxyl groups excluding tert-OH is 3. The zero-order valence-electron chi connectivity index (χ0n) is 18.0. The second-order valence-electron chi connectivity index (χ2n) is 8.75. The van der Waals surface area contributed by atoms with Crippen LogP contribution in [0.15, 0.2) is 24.4 Å². The molecule has 0 spiro atoms. The largest absolute Gasteiger partial charge is 0.394 e. The van der Waals surface area contributed by atoms with Crippen molar-refractivity contribution in [1.29, 1.82) is 0 Å². The van der Waals surface area contributed by atoms with Crippen LogP contribution in [0.2, 0.25) is 0 Å². The number of pyridine rings is 1. The number of anilines is 1. The molecule has 3 saturated heterocycles. The third kappa shape index (κ3) is 5.35. The summed E-state index contributed by atoms with van der Waals surface area (Å²) in [6.07, 6.45) is -2.68. The molecule has 10 heteroatoms. The Kier molecular flexibility index (Phi) is 7.09. The number of rotatable bonds is 8. The van der Waals surface area contributed by atoms with E-state index in [1.165, 1.54) is 0 Å². The maximum Gasteiger partial charge on any atom is 0.190 e. The first-order valence-corrected chi connectivity index (χ1v) is 10.8. The lowest BCUT2D eigenvalue weighted by molar-refractivity contribution is -0.232. The van der Waals surface area contributed by atoms with Crippen LogP contribution in [0.25, 0.3) is 0 Å². The maximum atomic E-state index is 10.6. The number of aliphatic hydroxyl groups is 3. The second-order valence-corrected chi connectivity index (χ2v) is 8.75. The summed E-state index contributed by atoms with van der Waals surface area (Å²) in [5, 5.41) is 30.0. The molecule has 1 aromatic rings. The zero-order chi connectivity index (χ0) is 22.0. The minimum Gasteiger partial charge on any atom is -0.394 e. The van der Waals surface area contributed by atoms with Gasteiger partial charge in [0.1, 0.15) is 30.2 Å². The number of aromatic nitrogens is 1. The number of piperazine rings is 1. The van der Waals surface area contributed by atoms with E-state index >= 15 is 0 Å². The van der Waals surface area contributed by atoms with Crippen molar-refractivity contribution in [2.24, 2.45) is 0 Å². The third-order valence-corrected chi connectivity index (χ3v) is 5.89. The van der Waals surface area contributed by atoms with Gasteiger partial charge in [0, 0.05) is 38.9 Å². The SMILES string of the molecule is CC1(C)O[C@H]2O[C@H]([C@H](O)CO)[C@@H](OC[C@H](O)CN3CCN(c4ccccn4)CC3)[C@H]2O1. The number of β-amino-alcohol motifs (C(OH)–C–C–N with tert-alkyl or cyclic N) is 1. The molecule has 3 N–H and O–H groups in total. The molecule has 6 atom stereocenters. The number of hydrogen-bond donors (Lipinski definition) is 3. The molecule has 0 saturated carbocycles. The van der Waals surface area contributed by atoms with Gasteiger partial charge in [-0.1, -0.05) is 6.07 Å². The van der Waals surface area contributed by atoms with Crippen LogP contribution < -0.4 is 4.90 Å². The topological polar surface area (TPSA) is 117 Å². The zero-order valence-corrected chi connectivity index (χ0v) is 18.0. The van der Waals surface area contributed by atoms with Crippen molar-refractivity contribution in [2.75, 3.05) is 50.8 Å². The van der Waals surface area contributed by atoms with Gasteiger partial charge in [0.2, 0.25) is 0 Å². The van der Waals surface area contributed by atoms with Crippen molar-refractivity contribution >= 4 is 5.82 Å². The molecule has 3 fully saturated rings. The lowest BCUT2D eigenvalue weighted by atomic mass is 10.1. The summed E-state index contributed by atoms with van der Waals surface area (Å²) in [5.74, 6) is 0.148. The summed E-state index contributed by atoms with van der Waals surface area (Å²) in [6, 6.07) is 5.89. The van der Waals surface area contributed by atoms with Crippen LogP contribution in [0.4, 0.5) is 5.82 Å². The van der Waals surface area contributed by atoms with Gasteiger partial charge in [-0.2, -0.15) is 0 Å². The Bertz CT molecular complexity index is 701. The Morgan fingerprint density at radius 3 is 2.65 bits per heavy atom. The predicted molar refractivity (Wildman–Crippen MR) is 110 cm³/mol. The average molecular weight is 440 g/mol. The quantitative estimate of drug-likeness (QED) is 0.474. The molecule has 0 radical (unpaired) electrons. The lowest BCUT2D eigenvalue weighted by Gasteiger charge is -2.36. The van der Waals surface area contributed by atoms with Gasteiger partial charge in [-0.05, 0) is 26.0 Å². The molecule has 0 aliphatic carbocycles. The molecular formula is C21H33N3O7. The number of hydrogen-bond acceptors (Lipinski definition) is 10. The number of nitrogens with zero attached hydrogens (tertiary/aromatic N) is 3. The summed E-state index contributed by atoms with van der Waals surface area (Å²) in [5.41, 5.74) is 0. The highest BCUT2D eigenvalue weighted by molar-refractivity contribution is 5.38. The van der Waals surface area contributed by atoms with Crippen LogP contribution in [-0.4, -0.2) is 114 Å². The van der Waals surface area contributed by atoms with E-state index in [-0.39, 0.29) is 6.61 Å². The fraction of sp³-hybridized carbons (Fsp3) is 0.762. The monoisotopic (exact) mass is 439 g/mol. The Morgan fingerprint density at radius 2 is 1.97 bits per heavy atom. The Hall–Kier alpha value is -1.37.